The molecule has 9 heteroatoms. The molecule has 0 heterocycles. The van der Waals surface area contributed by atoms with Crippen LogP contribution in [0.25, 0.3) is 0 Å². The molecule has 1 unspecified atom stereocenters. The maximum Gasteiger partial charge on any atom is 0.374 e. The summed E-state index contributed by atoms with van der Waals surface area (Å²) in [5.74, 6) is -1.69. The van der Waals surface area contributed by atoms with Crippen LogP contribution in [0.5, 0.6) is 0 Å². The molecule has 0 fully saturated rings. The molecule has 5 nitrogen and oxygen atoms in total. The second kappa shape index (κ2) is 7.48. The molecule has 0 aromatic heterocycles. The Morgan fingerprint density at radius 2 is 1.95 bits per heavy atom. The number of alkyl halides is 3. The van der Waals surface area contributed by atoms with Gasteiger partial charge in [-0.2, -0.15) is 0 Å². The third-order valence-corrected chi connectivity index (χ3v) is 5.47. The van der Waals surface area contributed by atoms with E-state index >= 15 is 0 Å². The van der Waals surface area contributed by atoms with E-state index in [2.05, 4.69) is 0 Å². The van der Waals surface area contributed by atoms with Crippen molar-refractivity contribution in [3.8, 4) is 0 Å². The van der Waals surface area contributed by atoms with Crippen LogP contribution in [-0.2, 0) is 18.3 Å². The van der Waals surface area contributed by atoms with Gasteiger partial charge in [-0.25, -0.2) is 0 Å². The Bertz CT molecular complexity index is 428. The second-order valence-electron chi connectivity index (χ2n) is 4.23. The maximum atomic E-state index is 12.6. The van der Waals surface area contributed by atoms with Gasteiger partial charge in [0.05, 0.1) is 0 Å². The molecule has 1 rings (SSSR count). The fourth-order valence-electron chi connectivity index (χ4n) is 1.88. The Morgan fingerprint density at radius 3 is 2.35 bits per heavy atom. The first-order valence-electron chi connectivity index (χ1n) is 5.97. The number of nitrogens with one attached hydrogen (secondary N) is 1. The first kappa shape index (κ1) is 18.3. The third kappa shape index (κ3) is 4.62. The third-order valence-electron chi connectivity index (χ3n) is 2.93. The van der Waals surface area contributed by atoms with E-state index in [1.165, 1.54) is 14.2 Å². The summed E-state index contributed by atoms with van der Waals surface area (Å²) >= 11 is 16.8. The Balaban J connectivity index is 3.05. The molecule has 1 aliphatic carbocycles. The first-order chi connectivity index (χ1) is 9.24. The number of rotatable bonds is 5. The summed E-state index contributed by atoms with van der Waals surface area (Å²) in [6, 6.07) is 0. The molecule has 1 aliphatic rings. The maximum absolute atomic E-state index is 12.6. The minimum Gasteiger partial charge on any atom is -0.457 e. The van der Waals surface area contributed by atoms with E-state index in [1.807, 2.05) is 6.08 Å². The van der Waals surface area contributed by atoms with Crippen molar-refractivity contribution in [2.75, 3.05) is 14.2 Å². The lowest BCUT2D eigenvalue weighted by Gasteiger charge is -2.29. The van der Waals surface area contributed by atoms with Gasteiger partial charge in [0, 0.05) is 14.2 Å². The molecule has 0 radical (unpaired) electrons. The van der Waals surface area contributed by atoms with E-state index in [1.54, 1.807) is 0 Å². The smallest absolute Gasteiger partial charge is 0.374 e. The number of ether oxygens (including phenoxy) is 1. The molecule has 0 saturated heterocycles. The lowest BCUT2D eigenvalue weighted by molar-refractivity contribution is 0.194. The molecule has 1 N–H and O–H groups in total. The zero-order valence-electron chi connectivity index (χ0n) is 11.2. The Hall–Kier alpha value is 0.230. The van der Waals surface area contributed by atoms with Gasteiger partial charge >= 0.3 is 7.60 Å². The van der Waals surface area contributed by atoms with Crippen LogP contribution in [0.15, 0.2) is 11.6 Å². The summed E-state index contributed by atoms with van der Waals surface area (Å²) in [7, 11) is -1.08. The van der Waals surface area contributed by atoms with Crippen LogP contribution >= 0.6 is 42.4 Å². The van der Waals surface area contributed by atoms with Gasteiger partial charge in [-0.05, 0) is 31.3 Å². The topological polar surface area (TPSA) is 68.6 Å². The van der Waals surface area contributed by atoms with Crippen molar-refractivity contribution >= 4 is 48.3 Å². The van der Waals surface area contributed by atoms with Gasteiger partial charge < -0.3 is 13.8 Å². The molecule has 1 atom stereocenters. The molecule has 0 saturated carbocycles. The molecular formula is C11H17Cl3NO4P. The van der Waals surface area contributed by atoms with Crippen molar-refractivity contribution in [1.29, 1.82) is 5.41 Å². The Morgan fingerprint density at radius 1 is 1.35 bits per heavy atom. The fraction of sp³-hybridized carbons (Fsp3) is 0.727. The minimum atomic E-state index is -3.59. The van der Waals surface area contributed by atoms with Gasteiger partial charge in [0.2, 0.25) is 11.7 Å². The van der Waals surface area contributed by atoms with Crippen molar-refractivity contribution in [2.24, 2.45) is 0 Å². The molecule has 0 aliphatic heterocycles. The summed E-state index contributed by atoms with van der Waals surface area (Å²) in [6.45, 7) is 0. The number of allylic oxidation sites excluding steroid dienone is 1. The van der Waals surface area contributed by atoms with Crippen molar-refractivity contribution < 1.29 is 18.3 Å². The SMILES string of the molecule is COP(=O)(OC)C(OC(=N)C(Cl)(Cl)Cl)C1=CCCCC1. The summed E-state index contributed by atoms with van der Waals surface area (Å²) < 4.78 is 25.8. The van der Waals surface area contributed by atoms with Gasteiger partial charge in [-0.3, -0.25) is 9.97 Å². The second-order valence-corrected chi connectivity index (χ2v) is 8.79. The van der Waals surface area contributed by atoms with Gasteiger partial charge in [0.1, 0.15) is 0 Å². The molecule has 20 heavy (non-hydrogen) atoms. The molecular weight excluding hydrogens is 347 g/mol. The highest BCUT2D eigenvalue weighted by Crippen LogP contribution is 2.56. The average Bonchev–Trinajstić information content (AvgIpc) is 2.43. The largest absolute Gasteiger partial charge is 0.457 e. The van der Waals surface area contributed by atoms with Crippen LogP contribution in [-0.4, -0.2) is 29.8 Å². The zero-order chi connectivity index (χ0) is 15.4. The van der Waals surface area contributed by atoms with E-state index in [4.69, 9.17) is 54.0 Å². The average molecular weight is 365 g/mol. The highest BCUT2D eigenvalue weighted by molar-refractivity contribution is 7.54. The van der Waals surface area contributed by atoms with Gasteiger partial charge in [-0.15, -0.1) is 0 Å². The predicted octanol–water partition coefficient (Wildman–Crippen LogP) is 4.66. The van der Waals surface area contributed by atoms with Gasteiger partial charge in [-0.1, -0.05) is 40.9 Å². The summed E-state index contributed by atoms with van der Waals surface area (Å²) in [5.41, 5.74) is 0.738. The quantitative estimate of drug-likeness (QED) is 0.253. The standard InChI is InChI=1S/C11H17Cl3NO4P/c1-17-20(16,18-2)9(8-6-4-3-5-7-8)19-10(15)11(12,13)14/h6,9,15H,3-5,7H2,1-2H3. The molecule has 0 aromatic rings. The monoisotopic (exact) mass is 363 g/mol. The summed E-state index contributed by atoms with van der Waals surface area (Å²) in [4.78, 5) is 0. The van der Waals surface area contributed by atoms with Gasteiger partial charge in [0.15, 0.2) is 0 Å². The van der Waals surface area contributed by atoms with Crippen molar-refractivity contribution in [3.63, 3.8) is 0 Å². The number of hydrogen-bond acceptors (Lipinski definition) is 5. The molecule has 0 amide bonds. The lowest BCUT2D eigenvalue weighted by Crippen LogP contribution is -2.29. The summed E-state index contributed by atoms with van der Waals surface area (Å²) in [6.07, 6.45) is 5.39. The summed E-state index contributed by atoms with van der Waals surface area (Å²) in [5, 5.41) is 7.64. The van der Waals surface area contributed by atoms with Crippen LogP contribution in [0, 0.1) is 5.41 Å². The number of halogens is 3. The van der Waals surface area contributed by atoms with E-state index < -0.39 is 23.1 Å². The molecule has 116 valence electrons. The van der Waals surface area contributed by atoms with Gasteiger partial charge in [0.25, 0.3) is 3.79 Å². The van der Waals surface area contributed by atoms with Crippen molar-refractivity contribution in [1.82, 2.24) is 0 Å². The van der Waals surface area contributed by atoms with Crippen molar-refractivity contribution in [2.45, 2.75) is 35.3 Å². The molecule has 0 spiro atoms. The molecule has 0 aromatic carbocycles. The van der Waals surface area contributed by atoms with Crippen LogP contribution in [0.2, 0.25) is 0 Å². The fourth-order valence-corrected chi connectivity index (χ4v) is 3.42. The van der Waals surface area contributed by atoms with Crippen LogP contribution < -0.4 is 0 Å². The molecule has 0 bridgehead atoms. The van der Waals surface area contributed by atoms with Crippen LogP contribution in [0.4, 0.5) is 0 Å². The van der Waals surface area contributed by atoms with E-state index in [0.29, 0.717) is 6.42 Å². The van der Waals surface area contributed by atoms with E-state index in [-0.39, 0.29) is 0 Å². The predicted molar refractivity (Wildman–Crippen MR) is 81.1 cm³/mol. The van der Waals surface area contributed by atoms with Crippen LogP contribution in [0.1, 0.15) is 25.7 Å². The highest BCUT2D eigenvalue weighted by Gasteiger charge is 2.42. The normalized spacial score (nSPS) is 18.4. The van der Waals surface area contributed by atoms with E-state index in [9.17, 15) is 4.57 Å². The van der Waals surface area contributed by atoms with Crippen LogP contribution in [0.3, 0.4) is 0 Å². The lowest BCUT2D eigenvalue weighted by atomic mass is 10.0. The highest BCUT2D eigenvalue weighted by atomic mass is 35.6. The first-order valence-corrected chi connectivity index (χ1v) is 8.71. The Kier molecular flexibility index (Phi) is 6.84. The van der Waals surface area contributed by atoms with Crippen molar-refractivity contribution in [3.05, 3.63) is 11.6 Å². The van der Waals surface area contributed by atoms with E-state index in [0.717, 1.165) is 24.8 Å². The minimum absolute atomic E-state index is 0.617. The Labute approximate surface area is 133 Å². The number of hydrogen-bond donors (Lipinski definition) is 1. The zero-order valence-corrected chi connectivity index (χ0v) is 14.4.